The molecule has 1 saturated carbocycles. The number of allylic oxidation sites excluding steroid dienone is 4. The van der Waals surface area contributed by atoms with Gasteiger partial charge in [-0.25, -0.2) is 9.18 Å². The van der Waals surface area contributed by atoms with Crippen LogP contribution in [-0.2, 0) is 6.42 Å². The van der Waals surface area contributed by atoms with E-state index >= 15 is 0 Å². The van der Waals surface area contributed by atoms with Crippen molar-refractivity contribution in [2.24, 2.45) is 11.8 Å². The molecule has 0 amide bonds. The van der Waals surface area contributed by atoms with Crippen molar-refractivity contribution < 1.29 is 4.39 Å². The lowest BCUT2D eigenvalue weighted by atomic mass is 9.72. The molecular weight excluding hydrogens is 391 g/mol. The lowest BCUT2D eigenvalue weighted by Gasteiger charge is -2.33. The molecule has 4 rings (SSSR count). The van der Waals surface area contributed by atoms with Gasteiger partial charge in [0.25, 0.3) is 5.56 Å². The van der Waals surface area contributed by atoms with Gasteiger partial charge in [-0.3, -0.25) is 9.78 Å². The van der Waals surface area contributed by atoms with Crippen molar-refractivity contribution in [1.82, 2.24) is 9.97 Å². The number of aromatic nitrogens is 2. The number of benzene rings is 1. The Morgan fingerprint density at radius 1 is 1.07 bits per heavy atom. The monoisotopic (exact) mass is 414 g/mol. The van der Waals surface area contributed by atoms with Crippen LogP contribution in [0.3, 0.4) is 0 Å². The van der Waals surface area contributed by atoms with Crippen molar-refractivity contribution in [2.45, 2.75) is 44.4 Å². The predicted octanol–water partition coefficient (Wildman–Crippen LogP) is 4.85. The fourth-order valence-corrected chi connectivity index (χ4v) is 4.90. The fraction of sp³-hybridized carbons (Fsp3) is 0.391. The van der Waals surface area contributed by atoms with Crippen molar-refractivity contribution in [2.75, 3.05) is 0 Å². The molecule has 2 aromatic rings. The van der Waals surface area contributed by atoms with Crippen molar-refractivity contribution in [3.63, 3.8) is 0 Å². The van der Waals surface area contributed by atoms with Crippen molar-refractivity contribution in [3.8, 4) is 0 Å². The molecule has 1 aromatic carbocycles. The van der Waals surface area contributed by atoms with Gasteiger partial charge in [-0.1, -0.05) is 42.0 Å². The molecular formula is C23H24ClFN2O2. The minimum absolute atomic E-state index is 0.0278. The molecule has 0 saturated heterocycles. The summed E-state index contributed by atoms with van der Waals surface area (Å²) in [5.41, 5.74) is 1.14. The first-order valence-corrected chi connectivity index (χ1v) is 10.5. The average Bonchev–Trinajstić information content (AvgIpc) is 2.73. The first kappa shape index (κ1) is 19.9. The van der Waals surface area contributed by atoms with E-state index in [0.717, 1.165) is 43.4 Å². The molecule has 0 spiro atoms. The van der Waals surface area contributed by atoms with Crippen LogP contribution in [0.2, 0.25) is 5.02 Å². The molecule has 1 heterocycles. The first-order valence-electron chi connectivity index (χ1n) is 10.1. The van der Waals surface area contributed by atoms with Gasteiger partial charge < -0.3 is 4.98 Å². The summed E-state index contributed by atoms with van der Waals surface area (Å²) in [4.78, 5) is 29.8. The molecule has 0 bridgehead atoms. The molecule has 1 atom stereocenters. The van der Waals surface area contributed by atoms with Gasteiger partial charge in [0.2, 0.25) is 0 Å². The smallest absolute Gasteiger partial charge is 0.311 e. The van der Waals surface area contributed by atoms with Crippen molar-refractivity contribution >= 4 is 11.6 Å². The summed E-state index contributed by atoms with van der Waals surface area (Å²) < 4.78 is 13.5. The summed E-state index contributed by atoms with van der Waals surface area (Å²) >= 11 is 5.89. The second kappa shape index (κ2) is 8.54. The zero-order valence-electron chi connectivity index (χ0n) is 16.1. The van der Waals surface area contributed by atoms with Crippen LogP contribution in [0.25, 0.3) is 0 Å². The predicted molar refractivity (Wildman–Crippen MR) is 113 cm³/mol. The molecule has 0 aliphatic heterocycles. The summed E-state index contributed by atoms with van der Waals surface area (Å²) in [5, 5.41) is 0.0278. The van der Waals surface area contributed by atoms with E-state index in [1.54, 1.807) is 6.07 Å². The first-order chi connectivity index (χ1) is 14.0. The molecule has 2 aliphatic rings. The van der Waals surface area contributed by atoms with E-state index in [0.29, 0.717) is 23.8 Å². The Morgan fingerprint density at radius 2 is 1.86 bits per heavy atom. The summed E-state index contributed by atoms with van der Waals surface area (Å²) in [6.45, 7) is 0. The number of hydrogen-bond donors (Lipinski definition) is 2. The molecule has 4 nitrogen and oxygen atoms in total. The molecule has 1 unspecified atom stereocenters. The third-order valence-electron chi connectivity index (χ3n) is 6.24. The third-order valence-corrected chi connectivity index (χ3v) is 6.53. The van der Waals surface area contributed by atoms with E-state index in [-0.39, 0.29) is 16.5 Å². The lowest BCUT2D eigenvalue weighted by Crippen LogP contribution is -2.31. The lowest BCUT2D eigenvalue weighted by molar-refractivity contribution is 0.262. The zero-order chi connectivity index (χ0) is 20.4. The Balaban J connectivity index is 1.56. The maximum absolute atomic E-state index is 13.5. The third kappa shape index (κ3) is 4.45. The summed E-state index contributed by atoms with van der Waals surface area (Å²) in [6.07, 6.45) is 14.2. The number of hydrogen-bond acceptors (Lipinski definition) is 2. The number of halogens is 2. The molecule has 1 aromatic heterocycles. The molecule has 2 aliphatic carbocycles. The van der Waals surface area contributed by atoms with Gasteiger partial charge >= 0.3 is 5.69 Å². The highest BCUT2D eigenvalue weighted by molar-refractivity contribution is 6.30. The van der Waals surface area contributed by atoms with E-state index in [1.807, 2.05) is 0 Å². The van der Waals surface area contributed by atoms with Crippen LogP contribution in [-0.4, -0.2) is 9.97 Å². The minimum Gasteiger partial charge on any atom is -0.311 e. The van der Waals surface area contributed by atoms with E-state index in [4.69, 9.17) is 11.6 Å². The number of H-pyrrole nitrogens is 2. The summed E-state index contributed by atoms with van der Waals surface area (Å²) in [5.74, 6) is 0.881. The maximum atomic E-state index is 13.5. The van der Waals surface area contributed by atoms with Crippen LogP contribution in [0.15, 0.2) is 52.1 Å². The Morgan fingerprint density at radius 3 is 2.55 bits per heavy atom. The molecule has 29 heavy (non-hydrogen) atoms. The molecule has 2 N–H and O–H groups in total. The highest BCUT2D eigenvalue weighted by Gasteiger charge is 2.29. The van der Waals surface area contributed by atoms with Crippen LogP contribution in [0.5, 0.6) is 0 Å². The van der Waals surface area contributed by atoms with Crippen LogP contribution in [0.1, 0.15) is 54.8 Å². The van der Waals surface area contributed by atoms with Gasteiger partial charge in [-0.05, 0) is 67.6 Å². The van der Waals surface area contributed by atoms with Crippen molar-refractivity contribution in [3.05, 3.63) is 91.0 Å². The van der Waals surface area contributed by atoms with Crippen LogP contribution < -0.4 is 11.2 Å². The average molecular weight is 415 g/mol. The second-order valence-electron chi connectivity index (χ2n) is 8.05. The van der Waals surface area contributed by atoms with Gasteiger partial charge in [0.05, 0.1) is 5.02 Å². The van der Waals surface area contributed by atoms with Gasteiger partial charge in [0.15, 0.2) is 0 Å². The Hall–Kier alpha value is -2.40. The van der Waals surface area contributed by atoms with Gasteiger partial charge in [0.1, 0.15) is 5.82 Å². The van der Waals surface area contributed by atoms with Crippen molar-refractivity contribution in [1.29, 1.82) is 0 Å². The Kier molecular flexibility index (Phi) is 5.86. The molecule has 0 radical (unpaired) electrons. The zero-order valence-corrected chi connectivity index (χ0v) is 16.8. The summed E-state index contributed by atoms with van der Waals surface area (Å²) in [6, 6.07) is 4.45. The van der Waals surface area contributed by atoms with Crippen LogP contribution in [0, 0.1) is 17.7 Å². The van der Waals surface area contributed by atoms with Crippen LogP contribution in [0.4, 0.5) is 4.39 Å². The minimum atomic E-state index is -0.490. The van der Waals surface area contributed by atoms with Gasteiger partial charge in [-0.15, -0.1) is 0 Å². The standard InChI is InChI=1S/C23H24ClFN2O2/c24-19-13-14(6-11-20(19)25)12-18-21(26-23(29)27-22(18)28)17-9-7-16(8-10-17)15-4-2-1-3-5-15/h1-4,6,11,13,15-17H,5,7-10,12H2,(H2,26,27,28,29)/t15?,16-,17-. The van der Waals surface area contributed by atoms with E-state index in [1.165, 1.54) is 12.1 Å². The Bertz CT molecular complexity index is 1060. The van der Waals surface area contributed by atoms with E-state index < -0.39 is 11.5 Å². The summed E-state index contributed by atoms with van der Waals surface area (Å²) in [7, 11) is 0. The van der Waals surface area contributed by atoms with E-state index in [9.17, 15) is 14.0 Å². The largest absolute Gasteiger partial charge is 0.325 e. The van der Waals surface area contributed by atoms with Crippen LogP contribution >= 0.6 is 11.6 Å². The quantitative estimate of drug-likeness (QED) is 0.750. The van der Waals surface area contributed by atoms with E-state index in [2.05, 4.69) is 34.3 Å². The topological polar surface area (TPSA) is 65.7 Å². The maximum Gasteiger partial charge on any atom is 0.325 e. The molecule has 6 heteroatoms. The molecule has 1 fully saturated rings. The molecule has 152 valence electrons. The highest BCUT2D eigenvalue weighted by atomic mass is 35.5. The van der Waals surface area contributed by atoms with Gasteiger partial charge in [-0.2, -0.15) is 0 Å². The second-order valence-corrected chi connectivity index (χ2v) is 8.46. The highest BCUT2D eigenvalue weighted by Crippen LogP contribution is 2.40. The SMILES string of the molecule is O=c1[nH]c(=O)c(Cc2ccc(F)c(Cl)c2)c([C@H]2CC[C@H](C3C=CC=CC3)CC2)[nH]1. The number of rotatable bonds is 4. The Labute approximate surface area is 173 Å². The number of aromatic amines is 2. The number of nitrogens with one attached hydrogen (secondary N) is 2. The van der Waals surface area contributed by atoms with Gasteiger partial charge in [0, 0.05) is 17.7 Å². The fourth-order valence-electron chi connectivity index (χ4n) is 4.69. The normalized spacial score (nSPS) is 24.0.